The number of hydrogen-bond donors (Lipinski definition) is 1. The molecule has 0 radical (unpaired) electrons. The predicted molar refractivity (Wildman–Crippen MR) is 149 cm³/mol. The van der Waals surface area contributed by atoms with Crippen molar-refractivity contribution in [3.8, 4) is 11.5 Å². The number of hydrogen-bond acceptors (Lipinski definition) is 5. The molecule has 1 aromatic heterocycles. The lowest BCUT2D eigenvalue weighted by Gasteiger charge is -2.38. The molecule has 3 aromatic rings. The summed E-state index contributed by atoms with van der Waals surface area (Å²) in [5.41, 5.74) is 1.50. The molecule has 0 spiro atoms. The van der Waals surface area contributed by atoms with Gasteiger partial charge >= 0.3 is 0 Å². The van der Waals surface area contributed by atoms with Crippen LogP contribution in [0.2, 0.25) is 0 Å². The first-order valence-electron chi connectivity index (χ1n) is 13.4. The third kappa shape index (κ3) is 4.98. The number of thiophene rings is 1. The van der Waals surface area contributed by atoms with E-state index in [4.69, 9.17) is 9.47 Å². The number of carbonyl (C=O) groups excluding carboxylic acids is 1. The summed E-state index contributed by atoms with van der Waals surface area (Å²) in [6.07, 6.45) is 9.81. The first kappa shape index (κ1) is 25.1. The monoisotopic (exact) mass is 506 g/mol. The maximum atomic E-state index is 14.6. The van der Waals surface area contributed by atoms with Gasteiger partial charge in [-0.3, -0.25) is 9.69 Å². The van der Waals surface area contributed by atoms with Gasteiger partial charge in [-0.25, -0.2) is 0 Å². The van der Waals surface area contributed by atoms with Gasteiger partial charge in [0.15, 0.2) is 11.5 Å². The summed E-state index contributed by atoms with van der Waals surface area (Å²) in [5, 5.41) is 5.98. The normalized spacial score (nSPS) is 19.4. The zero-order valence-electron chi connectivity index (χ0n) is 21.7. The second-order valence-corrected chi connectivity index (χ2v) is 11.3. The molecule has 1 aliphatic carbocycles. The topological polar surface area (TPSA) is 50.8 Å². The van der Waals surface area contributed by atoms with E-state index >= 15 is 0 Å². The van der Waals surface area contributed by atoms with Gasteiger partial charge < -0.3 is 14.8 Å². The summed E-state index contributed by atoms with van der Waals surface area (Å²) in [6, 6.07) is 14.8. The Bertz CT molecular complexity index is 1160. The predicted octanol–water partition coefficient (Wildman–Crippen LogP) is 6.96. The van der Waals surface area contributed by atoms with Crippen LogP contribution in [0, 0.1) is 12.8 Å². The van der Waals surface area contributed by atoms with Crippen LogP contribution in [0.1, 0.15) is 67.3 Å². The van der Waals surface area contributed by atoms with E-state index in [-0.39, 0.29) is 11.9 Å². The molecule has 5 rings (SSSR count). The van der Waals surface area contributed by atoms with E-state index in [1.54, 1.807) is 25.6 Å². The van der Waals surface area contributed by atoms with Crippen LogP contribution < -0.4 is 19.7 Å². The average molecular weight is 507 g/mol. The van der Waals surface area contributed by atoms with Crippen molar-refractivity contribution in [3.63, 3.8) is 0 Å². The smallest absolute Gasteiger partial charge is 0.259 e. The van der Waals surface area contributed by atoms with E-state index < -0.39 is 0 Å². The molecule has 192 valence electrons. The molecule has 2 heterocycles. The van der Waals surface area contributed by atoms with Crippen LogP contribution in [0.15, 0.2) is 42.5 Å². The molecule has 1 saturated heterocycles. The summed E-state index contributed by atoms with van der Waals surface area (Å²) in [5.74, 6) is 2.00. The Morgan fingerprint density at radius 2 is 1.86 bits per heavy atom. The lowest BCUT2D eigenvalue weighted by molar-refractivity contribution is 0.0964. The number of nitrogens with zero attached hydrogens (tertiary/aromatic N) is 1. The molecule has 5 nitrogen and oxygen atoms in total. The van der Waals surface area contributed by atoms with E-state index in [0.717, 1.165) is 36.4 Å². The second-order valence-electron chi connectivity index (χ2n) is 10.3. The largest absolute Gasteiger partial charge is 0.493 e. The Kier molecular flexibility index (Phi) is 7.82. The van der Waals surface area contributed by atoms with Crippen LogP contribution in [0.5, 0.6) is 11.5 Å². The molecular weight excluding hydrogens is 468 g/mol. The van der Waals surface area contributed by atoms with E-state index in [9.17, 15) is 4.79 Å². The standard InChI is InChI=1S/C30H38N2O3S/c1-20-23(15-16-26(34-2)29(20)35-3)30(33)32(28-19-22-12-7-8-14-27(22)36-28)25(24-13-9-17-31-24)18-21-10-5-4-6-11-21/h7-8,12,14-16,19,21,24-25,31H,4-6,9-11,13,17-18H2,1-3H3. The first-order valence-corrected chi connectivity index (χ1v) is 14.2. The van der Waals surface area contributed by atoms with E-state index in [1.807, 2.05) is 19.1 Å². The highest BCUT2D eigenvalue weighted by atomic mass is 32.1. The molecule has 2 unspecified atom stereocenters. The van der Waals surface area contributed by atoms with Gasteiger partial charge in [0.2, 0.25) is 0 Å². The van der Waals surface area contributed by atoms with Crippen molar-refractivity contribution in [2.75, 3.05) is 25.7 Å². The van der Waals surface area contributed by atoms with Crippen molar-refractivity contribution in [1.29, 1.82) is 0 Å². The SMILES string of the molecule is COc1ccc(C(=O)N(c2cc3ccccc3s2)C(CC2CCCCC2)C2CCCN2)c(C)c1OC. The van der Waals surface area contributed by atoms with Gasteiger partial charge in [0.05, 0.1) is 25.3 Å². The lowest BCUT2D eigenvalue weighted by Crippen LogP contribution is -2.51. The fourth-order valence-electron chi connectivity index (χ4n) is 6.20. The number of rotatable bonds is 8. The molecular formula is C30H38N2O3S. The minimum absolute atomic E-state index is 0.0505. The van der Waals surface area contributed by atoms with Gasteiger partial charge in [-0.1, -0.05) is 50.3 Å². The van der Waals surface area contributed by atoms with Gasteiger partial charge in [-0.15, -0.1) is 11.3 Å². The number of fused-ring (bicyclic) bond motifs is 1. The summed E-state index contributed by atoms with van der Waals surface area (Å²) >= 11 is 1.72. The molecule has 36 heavy (non-hydrogen) atoms. The van der Waals surface area contributed by atoms with Crippen molar-refractivity contribution in [3.05, 3.63) is 53.6 Å². The summed E-state index contributed by atoms with van der Waals surface area (Å²) in [6.45, 7) is 2.98. The quantitative estimate of drug-likeness (QED) is 0.359. The summed E-state index contributed by atoms with van der Waals surface area (Å²) < 4.78 is 12.4. The second kappa shape index (κ2) is 11.2. The third-order valence-electron chi connectivity index (χ3n) is 8.09. The summed E-state index contributed by atoms with van der Waals surface area (Å²) in [4.78, 5) is 16.7. The molecule has 1 N–H and O–H groups in total. The van der Waals surface area contributed by atoms with Crippen molar-refractivity contribution in [1.82, 2.24) is 5.32 Å². The van der Waals surface area contributed by atoms with Crippen molar-refractivity contribution in [2.45, 2.75) is 70.4 Å². The van der Waals surface area contributed by atoms with Gasteiger partial charge in [0.25, 0.3) is 5.91 Å². The van der Waals surface area contributed by atoms with Crippen LogP contribution >= 0.6 is 11.3 Å². The fourth-order valence-corrected chi connectivity index (χ4v) is 7.32. The van der Waals surface area contributed by atoms with Gasteiger partial charge in [0.1, 0.15) is 0 Å². The van der Waals surface area contributed by atoms with Gasteiger partial charge in [-0.2, -0.15) is 0 Å². The van der Waals surface area contributed by atoms with Crippen molar-refractivity contribution in [2.24, 2.45) is 5.92 Å². The molecule has 1 amide bonds. The number of carbonyl (C=O) groups is 1. The molecule has 2 atom stereocenters. The number of amides is 1. The van der Waals surface area contributed by atoms with Crippen LogP contribution in [0.3, 0.4) is 0 Å². The Labute approximate surface area is 218 Å². The van der Waals surface area contributed by atoms with E-state index in [1.165, 1.54) is 42.2 Å². The van der Waals surface area contributed by atoms with Gasteiger partial charge in [-0.05, 0) is 68.3 Å². The highest BCUT2D eigenvalue weighted by molar-refractivity contribution is 7.23. The molecule has 2 fully saturated rings. The maximum absolute atomic E-state index is 14.6. The number of benzene rings is 2. The Morgan fingerprint density at radius 1 is 1.06 bits per heavy atom. The molecule has 2 aliphatic rings. The number of ether oxygens (including phenoxy) is 2. The minimum atomic E-state index is 0.0505. The summed E-state index contributed by atoms with van der Waals surface area (Å²) in [7, 11) is 3.27. The molecule has 1 aliphatic heterocycles. The molecule has 2 aromatic carbocycles. The highest BCUT2D eigenvalue weighted by Crippen LogP contribution is 2.40. The average Bonchev–Trinajstić information content (AvgIpc) is 3.59. The fraction of sp³-hybridized carbons (Fsp3) is 0.500. The maximum Gasteiger partial charge on any atom is 0.259 e. The van der Waals surface area contributed by atoms with Crippen molar-refractivity contribution < 1.29 is 14.3 Å². The van der Waals surface area contributed by atoms with Crippen LogP contribution in [0.4, 0.5) is 5.00 Å². The Morgan fingerprint density at radius 3 is 2.56 bits per heavy atom. The van der Waals surface area contributed by atoms with Crippen molar-refractivity contribution >= 4 is 32.3 Å². The van der Waals surface area contributed by atoms with Crippen LogP contribution in [-0.4, -0.2) is 38.8 Å². The number of methoxy groups -OCH3 is 2. The number of nitrogens with one attached hydrogen (secondary N) is 1. The highest BCUT2D eigenvalue weighted by Gasteiger charge is 2.37. The Balaban J connectivity index is 1.61. The third-order valence-corrected chi connectivity index (χ3v) is 9.20. The Hall–Kier alpha value is -2.57. The zero-order valence-corrected chi connectivity index (χ0v) is 22.5. The van der Waals surface area contributed by atoms with Crippen LogP contribution in [0.25, 0.3) is 10.1 Å². The number of anilines is 1. The minimum Gasteiger partial charge on any atom is -0.493 e. The zero-order chi connectivity index (χ0) is 25.1. The van der Waals surface area contributed by atoms with E-state index in [2.05, 4.69) is 40.5 Å². The van der Waals surface area contributed by atoms with Crippen LogP contribution in [-0.2, 0) is 0 Å². The molecule has 1 saturated carbocycles. The van der Waals surface area contributed by atoms with Gasteiger partial charge in [0, 0.05) is 21.9 Å². The molecule has 6 heteroatoms. The lowest BCUT2D eigenvalue weighted by atomic mass is 9.82. The molecule has 0 bridgehead atoms. The first-order chi connectivity index (χ1) is 17.6. The van der Waals surface area contributed by atoms with E-state index in [0.29, 0.717) is 29.0 Å².